The lowest BCUT2D eigenvalue weighted by molar-refractivity contribution is 0.110. The Balaban J connectivity index is 1.79. The first-order valence-electron chi connectivity index (χ1n) is 7.38. The molecule has 0 spiro atoms. The average Bonchev–Trinajstić information content (AvgIpc) is 3.10. The van der Waals surface area contributed by atoms with Gasteiger partial charge < -0.3 is 10.4 Å². The van der Waals surface area contributed by atoms with E-state index in [9.17, 15) is 0 Å². The Bertz CT molecular complexity index is 218. The SMILES string of the molecule is CCCNC1CC(CC2CC2)CN(CCO)C1. The number of aliphatic hydroxyl groups is 1. The third-order valence-corrected chi connectivity index (χ3v) is 4.08. The predicted octanol–water partition coefficient (Wildman–Crippen LogP) is 1.47. The van der Waals surface area contributed by atoms with E-state index in [-0.39, 0.29) is 0 Å². The van der Waals surface area contributed by atoms with Crippen molar-refractivity contribution in [3.63, 3.8) is 0 Å². The van der Waals surface area contributed by atoms with E-state index in [0.717, 1.165) is 31.5 Å². The van der Waals surface area contributed by atoms with Gasteiger partial charge >= 0.3 is 0 Å². The van der Waals surface area contributed by atoms with E-state index in [0.29, 0.717) is 12.6 Å². The topological polar surface area (TPSA) is 35.5 Å². The molecule has 2 N–H and O–H groups in total. The van der Waals surface area contributed by atoms with E-state index in [1.54, 1.807) is 0 Å². The molecule has 1 aliphatic heterocycles. The Morgan fingerprint density at radius 2 is 2.06 bits per heavy atom. The summed E-state index contributed by atoms with van der Waals surface area (Å²) in [4.78, 5) is 2.45. The number of aliphatic hydroxyl groups excluding tert-OH is 1. The zero-order valence-corrected chi connectivity index (χ0v) is 11.2. The van der Waals surface area contributed by atoms with Gasteiger partial charge in [0.1, 0.15) is 0 Å². The third-order valence-electron chi connectivity index (χ3n) is 4.08. The Morgan fingerprint density at radius 1 is 1.24 bits per heavy atom. The number of piperidine rings is 1. The van der Waals surface area contributed by atoms with Crippen molar-refractivity contribution in [2.45, 2.75) is 45.1 Å². The molecule has 3 nitrogen and oxygen atoms in total. The average molecular weight is 240 g/mol. The van der Waals surface area contributed by atoms with E-state index >= 15 is 0 Å². The molecule has 100 valence electrons. The summed E-state index contributed by atoms with van der Waals surface area (Å²) in [5.41, 5.74) is 0. The molecule has 1 heterocycles. The summed E-state index contributed by atoms with van der Waals surface area (Å²) in [6.07, 6.45) is 6.90. The maximum absolute atomic E-state index is 9.10. The maximum atomic E-state index is 9.10. The van der Waals surface area contributed by atoms with E-state index in [4.69, 9.17) is 5.11 Å². The summed E-state index contributed by atoms with van der Waals surface area (Å²) in [7, 11) is 0. The minimum absolute atomic E-state index is 0.302. The zero-order valence-electron chi connectivity index (χ0n) is 11.2. The molecule has 0 aromatic heterocycles. The summed E-state index contributed by atoms with van der Waals surface area (Å²) >= 11 is 0. The second-order valence-electron chi connectivity index (χ2n) is 5.92. The van der Waals surface area contributed by atoms with Crippen LogP contribution in [0, 0.1) is 11.8 Å². The van der Waals surface area contributed by atoms with Crippen LogP contribution in [0.25, 0.3) is 0 Å². The van der Waals surface area contributed by atoms with Crippen LogP contribution in [-0.2, 0) is 0 Å². The molecule has 17 heavy (non-hydrogen) atoms. The lowest BCUT2D eigenvalue weighted by atomic mass is 9.89. The zero-order chi connectivity index (χ0) is 12.1. The molecule has 0 amide bonds. The van der Waals surface area contributed by atoms with Crippen LogP contribution in [0.15, 0.2) is 0 Å². The van der Waals surface area contributed by atoms with Crippen LogP contribution in [0.2, 0.25) is 0 Å². The van der Waals surface area contributed by atoms with Crippen molar-refractivity contribution in [3.05, 3.63) is 0 Å². The van der Waals surface area contributed by atoms with Gasteiger partial charge in [-0.1, -0.05) is 19.8 Å². The Morgan fingerprint density at radius 3 is 2.71 bits per heavy atom. The first-order chi connectivity index (χ1) is 8.31. The largest absolute Gasteiger partial charge is 0.395 e. The van der Waals surface area contributed by atoms with Crippen LogP contribution in [0.3, 0.4) is 0 Å². The molecule has 0 aromatic carbocycles. The molecule has 2 atom stereocenters. The van der Waals surface area contributed by atoms with Gasteiger partial charge in [0.05, 0.1) is 6.61 Å². The Hall–Kier alpha value is -0.120. The van der Waals surface area contributed by atoms with Crippen LogP contribution in [0.1, 0.15) is 39.0 Å². The number of nitrogens with one attached hydrogen (secondary N) is 1. The maximum Gasteiger partial charge on any atom is 0.0558 e. The van der Waals surface area contributed by atoms with E-state index < -0.39 is 0 Å². The standard InChI is InChI=1S/C14H28N2O/c1-2-5-15-14-9-13(8-12-3-4-12)10-16(11-14)6-7-17/h12-15,17H,2-11H2,1H3. The van der Waals surface area contributed by atoms with Gasteiger partial charge in [0.2, 0.25) is 0 Å². The molecule has 0 bridgehead atoms. The van der Waals surface area contributed by atoms with Crippen LogP contribution in [0.4, 0.5) is 0 Å². The van der Waals surface area contributed by atoms with Crippen LogP contribution < -0.4 is 5.32 Å². The minimum Gasteiger partial charge on any atom is -0.395 e. The van der Waals surface area contributed by atoms with Gasteiger partial charge in [-0.25, -0.2) is 0 Å². The van der Waals surface area contributed by atoms with Crippen molar-refractivity contribution in [3.8, 4) is 0 Å². The first kappa shape index (κ1) is 13.3. The number of likely N-dealkylation sites (tertiary alicyclic amines) is 1. The number of rotatable bonds is 7. The second-order valence-corrected chi connectivity index (χ2v) is 5.92. The summed E-state index contributed by atoms with van der Waals surface area (Å²) in [6, 6.07) is 0.652. The van der Waals surface area contributed by atoms with Crippen LogP contribution in [0.5, 0.6) is 0 Å². The molecule has 1 saturated heterocycles. The number of nitrogens with zero attached hydrogens (tertiary/aromatic N) is 1. The van der Waals surface area contributed by atoms with Gasteiger partial charge in [-0.05, 0) is 37.6 Å². The summed E-state index contributed by atoms with van der Waals surface area (Å²) in [6.45, 7) is 6.85. The Labute approximate surface area is 106 Å². The second kappa shape index (κ2) is 6.72. The monoisotopic (exact) mass is 240 g/mol. The lowest BCUT2D eigenvalue weighted by Crippen LogP contribution is -2.50. The van der Waals surface area contributed by atoms with Crippen molar-refractivity contribution in [1.82, 2.24) is 10.2 Å². The Kier molecular flexibility index (Phi) is 5.26. The smallest absolute Gasteiger partial charge is 0.0558 e. The molecule has 2 unspecified atom stereocenters. The quantitative estimate of drug-likeness (QED) is 0.707. The summed E-state index contributed by atoms with van der Waals surface area (Å²) < 4.78 is 0. The molecule has 1 saturated carbocycles. The summed E-state index contributed by atoms with van der Waals surface area (Å²) in [5, 5.41) is 12.8. The van der Waals surface area contributed by atoms with Gasteiger partial charge in [-0.2, -0.15) is 0 Å². The van der Waals surface area contributed by atoms with E-state index in [1.165, 1.54) is 38.6 Å². The molecule has 2 rings (SSSR count). The van der Waals surface area contributed by atoms with E-state index in [1.807, 2.05) is 0 Å². The molecule has 1 aliphatic carbocycles. The van der Waals surface area contributed by atoms with Gasteiger partial charge in [0.25, 0.3) is 0 Å². The molecule has 2 aliphatic rings. The fraction of sp³-hybridized carbons (Fsp3) is 1.00. The van der Waals surface area contributed by atoms with Gasteiger partial charge in [-0.3, -0.25) is 4.90 Å². The number of β-amino-alcohol motifs (C(OH)–C–C–N with tert-alkyl or cyclic N) is 1. The van der Waals surface area contributed by atoms with Crippen molar-refractivity contribution >= 4 is 0 Å². The summed E-state index contributed by atoms with van der Waals surface area (Å²) in [5.74, 6) is 1.89. The van der Waals surface area contributed by atoms with Crippen molar-refractivity contribution < 1.29 is 5.11 Å². The molecule has 0 radical (unpaired) electrons. The lowest BCUT2D eigenvalue weighted by Gasteiger charge is -2.38. The minimum atomic E-state index is 0.302. The van der Waals surface area contributed by atoms with Gasteiger partial charge in [0, 0.05) is 25.7 Å². The predicted molar refractivity (Wildman–Crippen MR) is 71.1 cm³/mol. The molecule has 3 heteroatoms. The highest BCUT2D eigenvalue weighted by molar-refractivity contribution is 4.87. The van der Waals surface area contributed by atoms with Gasteiger partial charge in [-0.15, -0.1) is 0 Å². The normalized spacial score (nSPS) is 30.7. The van der Waals surface area contributed by atoms with Crippen molar-refractivity contribution in [2.75, 3.05) is 32.8 Å². The highest BCUT2D eigenvalue weighted by atomic mass is 16.3. The highest BCUT2D eigenvalue weighted by Gasteiger charge is 2.31. The van der Waals surface area contributed by atoms with E-state index in [2.05, 4.69) is 17.1 Å². The fourth-order valence-electron chi connectivity index (χ4n) is 3.12. The molecule has 0 aromatic rings. The first-order valence-corrected chi connectivity index (χ1v) is 7.38. The van der Waals surface area contributed by atoms with Crippen LogP contribution >= 0.6 is 0 Å². The number of hydrogen-bond donors (Lipinski definition) is 2. The van der Waals surface area contributed by atoms with Crippen molar-refractivity contribution in [1.29, 1.82) is 0 Å². The highest BCUT2D eigenvalue weighted by Crippen LogP contribution is 2.37. The van der Waals surface area contributed by atoms with Crippen LogP contribution in [-0.4, -0.2) is 48.8 Å². The third kappa shape index (κ3) is 4.57. The van der Waals surface area contributed by atoms with Gasteiger partial charge in [0.15, 0.2) is 0 Å². The number of hydrogen-bond acceptors (Lipinski definition) is 3. The molecular weight excluding hydrogens is 212 g/mol. The molecular formula is C14H28N2O. The van der Waals surface area contributed by atoms with Crippen molar-refractivity contribution in [2.24, 2.45) is 11.8 Å². The fourth-order valence-corrected chi connectivity index (χ4v) is 3.12. The molecule has 2 fully saturated rings.